The number of nitrogens with one attached hydrogen (secondary N) is 1. The van der Waals surface area contributed by atoms with Crippen molar-refractivity contribution in [2.45, 2.75) is 6.92 Å². The number of anilines is 1. The summed E-state index contributed by atoms with van der Waals surface area (Å²) in [4.78, 5) is 9.09. The Hall–Kier alpha value is -1.33. The van der Waals surface area contributed by atoms with Crippen LogP contribution in [0.1, 0.15) is 6.92 Å². The number of hydrogen-bond donors (Lipinski definition) is 1. The summed E-state index contributed by atoms with van der Waals surface area (Å²) >= 11 is 0. The zero-order chi connectivity index (χ0) is 8.27. The molecule has 0 amide bonds. The number of hydrogen-bond acceptors (Lipinski definition) is 4. The minimum atomic E-state index is -1.12. The third kappa shape index (κ3) is 2.06. The van der Waals surface area contributed by atoms with E-state index in [0.29, 0.717) is 6.54 Å². The minimum Gasteiger partial charge on any atom is -0.354 e. The number of nitrogens with zero attached hydrogens (tertiary/aromatic N) is 3. The molecule has 1 N–H and O–H groups in total. The summed E-state index contributed by atoms with van der Waals surface area (Å²) in [5.74, 6) is -0.0856. The third-order valence-corrected chi connectivity index (χ3v) is 0.916. The Kier molecular flexibility index (Phi) is 2.25. The fraction of sp³-hybridized carbons (Fsp3) is 0.400. The second kappa shape index (κ2) is 3.18. The van der Waals surface area contributed by atoms with Crippen LogP contribution in [0.25, 0.3) is 0 Å². The van der Waals surface area contributed by atoms with E-state index in [2.05, 4.69) is 20.3 Å². The van der Waals surface area contributed by atoms with E-state index in [0.717, 1.165) is 0 Å². The van der Waals surface area contributed by atoms with E-state index in [1.165, 1.54) is 0 Å². The molecule has 0 aliphatic rings. The Morgan fingerprint density at radius 2 is 1.73 bits per heavy atom. The van der Waals surface area contributed by atoms with Gasteiger partial charge in [0.1, 0.15) is 0 Å². The number of aromatic nitrogens is 3. The van der Waals surface area contributed by atoms with Crippen LogP contribution in [0.5, 0.6) is 0 Å². The summed E-state index contributed by atoms with van der Waals surface area (Å²) in [6, 6.07) is 0. The largest absolute Gasteiger partial charge is 0.354 e. The van der Waals surface area contributed by atoms with E-state index >= 15 is 0 Å². The van der Waals surface area contributed by atoms with Crippen molar-refractivity contribution in [2.75, 3.05) is 11.9 Å². The van der Waals surface area contributed by atoms with Gasteiger partial charge in [0.05, 0.1) is 0 Å². The van der Waals surface area contributed by atoms with Gasteiger partial charge in [0.15, 0.2) is 0 Å². The van der Waals surface area contributed by atoms with Crippen molar-refractivity contribution < 1.29 is 8.78 Å². The van der Waals surface area contributed by atoms with Gasteiger partial charge in [0.25, 0.3) is 0 Å². The van der Waals surface area contributed by atoms with E-state index in [-0.39, 0.29) is 5.95 Å². The van der Waals surface area contributed by atoms with Gasteiger partial charge in [-0.1, -0.05) is 0 Å². The quantitative estimate of drug-likeness (QED) is 0.687. The Morgan fingerprint density at radius 3 is 2.18 bits per heavy atom. The van der Waals surface area contributed by atoms with Crippen molar-refractivity contribution in [3.63, 3.8) is 0 Å². The van der Waals surface area contributed by atoms with Gasteiger partial charge in [-0.2, -0.15) is 23.7 Å². The predicted octanol–water partition coefficient (Wildman–Crippen LogP) is 0.582. The molecule has 0 radical (unpaired) electrons. The second-order valence-electron chi connectivity index (χ2n) is 1.73. The summed E-state index contributed by atoms with van der Waals surface area (Å²) in [5, 5.41) is 2.55. The van der Waals surface area contributed by atoms with Gasteiger partial charge < -0.3 is 5.32 Å². The van der Waals surface area contributed by atoms with E-state index < -0.39 is 12.2 Å². The third-order valence-electron chi connectivity index (χ3n) is 0.916. The molecule has 0 atom stereocenters. The van der Waals surface area contributed by atoms with Gasteiger partial charge in [0.2, 0.25) is 5.95 Å². The number of halogens is 2. The highest BCUT2D eigenvalue weighted by atomic mass is 19.1. The van der Waals surface area contributed by atoms with Crippen molar-refractivity contribution in [1.82, 2.24) is 15.0 Å². The van der Waals surface area contributed by atoms with Crippen LogP contribution in [0.4, 0.5) is 14.7 Å². The average Bonchev–Trinajstić information content (AvgIpc) is 1.85. The van der Waals surface area contributed by atoms with Crippen LogP contribution >= 0.6 is 0 Å². The van der Waals surface area contributed by atoms with Crippen LogP contribution in [-0.2, 0) is 0 Å². The lowest BCUT2D eigenvalue weighted by atomic mass is 10.7. The molecule has 0 spiro atoms. The molecule has 1 rings (SSSR count). The Balaban J connectivity index is 2.89. The van der Waals surface area contributed by atoms with Crippen LogP contribution in [0, 0.1) is 12.2 Å². The molecule has 0 saturated carbocycles. The molecule has 0 aromatic carbocycles. The van der Waals surface area contributed by atoms with Crippen LogP contribution in [-0.4, -0.2) is 21.5 Å². The van der Waals surface area contributed by atoms with Gasteiger partial charge in [-0.15, -0.1) is 0 Å². The van der Waals surface area contributed by atoms with Gasteiger partial charge in [-0.05, 0) is 6.92 Å². The Labute approximate surface area is 61.7 Å². The molecule has 1 heterocycles. The Morgan fingerprint density at radius 1 is 1.18 bits per heavy atom. The highest BCUT2D eigenvalue weighted by Gasteiger charge is 2.02. The smallest absolute Gasteiger partial charge is 0.315 e. The predicted molar refractivity (Wildman–Crippen MR) is 33.9 cm³/mol. The first-order chi connectivity index (χ1) is 5.22. The lowest BCUT2D eigenvalue weighted by molar-refractivity contribution is 0.457. The molecular weight excluding hydrogens is 154 g/mol. The van der Waals surface area contributed by atoms with Crippen molar-refractivity contribution in [3.05, 3.63) is 12.2 Å². The maximum absolute atomic E-state index is 12.2. The zero-order valence-electron chi connectivity index (χ0n) is 5.80. The van der Waals surface area contributed by atoms with Crippen molar-refractivity contribution >= 4 is 5.95 Å². The molecule has 0 saturated heterocycles. The molecule has 1 aromatic rings. The molecule has 0 bridgehead atoms. The van der Waals surface area contributed by atoms with E-state index in [9.17, 15) is 8.78 Å². The van der Waals surface area contributed by atoms with Gasteiger partial charge >= 0.3 is 12.2 Å². The summed E-state index contributed by atoms with van der Waals surface area (Å²) in [5.41, 5.74) is 0. The first-order valence-electron chi connectivity index (χ1n) is 3.03. The second-order valence-corrected chi connectivity index (χ2v) is 1.73. The van der Waals surface area contributed by atoms with Crippen LogP contribution in [0.3, 0.4) is 0 Å². The van der Waals surface area contributed by atoms with E-state index in [4.69, 9.17) is 0 Å². The summed E-state index contributed by atoms with van der Waals surface area (Å²) in [6.07, 6.45) is -2.23. The Bertz CT molecular complexity index is 232. The SMILES string of the molecule is CCNc1nc(F)nc(F)n1. The molecule has 0 aliphatic heterocycles. The fourth-order valence-corrected chi connectivity index (χ4v) is 0.563. The first-order valence-corrected chi connectivity index (χ1v) is 3.03. The van der Waals surface area contributed by atoms with E-state index in [1.54, 1.807) is 6.92 Å². The lowest BCUT2D eigenvalue weighted by Gasteiger charge is -1.98. The summed E-state index contributed by atoms with van der Waals surface area (Å²) in [6.45, 7) is 2.27. The monoisotopic (exact) mass is 160 g/mol. The topological polar surface area (TPSA) is 50.7 Å². The van der Waals surface area contributed by atoms with Gasteiger partial charge in [0, 0.05) is 6.54 Å². The lowest BCUT2D eigenvalue weighted by Crippen LogP contribution is -2.06. The molecule has 4 nitrogen and oxygen atoms in total. The first kappa shape index (κ1) is 7.77. The molecule has 1 aromatic heterocycles. The van der Waals surface area contributed by atoms with Gasteiger partial charge in [-0.3, -0.25) is 0 Å². The average molecular weight is 160 g/mol. The zero-order valence-corrected chi connectivity index (χ0v) is 5.80. The molecule has 0 fully saturated rings. The van der Waals surface area contributed by atoms with Crippen LogP contribution in [0.2, 0.25) is 0 Å². The summed E-state index contributed by atoms with van der Waals surface area (Å²) in [7, 11) is 0. The fourth-order valence-electron chi connectivity index (χ4n) is 0.563. The highest BCUT2D eigenvalue weighted by Crippen LogP contribution is 1.97. The molecule has 0 aliphatic carbocycles. The van der Waals surface area contributed by atoms with E-state index in [1.807, 2.05) is 0 Å². The van der Waals surface area contributed by atoms with Crippen LogP contribution in [0.15, 0.2) is 0 Å². The minimum absolute atomic E-state index is 0.0856. The van der Waals surface area contributed by atoms with Gasteiger partial charge in [-0.25, -0.2) is 0 Å². The molecular formula is C5H6F2N4. The van der Waals surface area contributed by atoms with Crippen LogP contribution < -0.4 is 5.32 Å². The standard InChI is InChI=1S/C5H6F2N4/c1-2-8-5-10-3(6)9-4(7)11-5/h2H2,1H3,(H,8,9,10,11). The molecule has 60 valence electrons. The van der Waals surface area contributed by atoms with Crippen molar-refractivity contribution in [3.8, 4) is 0 Å². The normalized spacial score (nSPS) is 9.73. The van der Waals surface area contributed by atoms with Crippen molar-refractivity contribution in [1.29, 1.82) is 0 Å². The maximum Gasteiger partial charge on any atom is 0.315 e. The molecule has 6 heteroatoms. The molecule has 0 unspecified atom stereocenters. The number of rotatable bonds is 2. The van der Waals surface area contributed by atoms with Crippen molar-refractivity contribution in [2.24, 2.45) is 0 Å². The highest BCUT2D eigenvalue weighted by molar-refractivity contribution is 5.20. The summed E-state index contributed by atoms with van der Waals surface area (Å²) < 4.78 is 24.4. The maximum atomic E-state index is 12.2. The molecule has 11 heavy (non-hydrogen) atoms.